The van der Waals surface area contributed by atoms with E-state index in [4.69, 9.17) is 5.73 Å². The van der Waals surface area contributed by atoms with Gasteiger partial charge in [-0.15, -0.1) is 0 Å². The summed E-state index contributed by atoms with van der Waals surface area (Å²) in [5.74, 6) is 0.570. The zero-order chi connectivity index (χ0) is 13.1. The highest BCUT2D eigenvalue weighted by atomic mass is 16.3. The van der Waals surface area contributed by atoms with Gasteiger partial charge in [-0.3, -0.25) is 4.79 Å². The summed E-state index contributed by atoms with van der Waals surface area (Å²) >= 11 is 0. The van der Waals surface area contributed by atoms with Gasteiger partial charge in [0.2, 0.25) is 5.91 Å². The minimum atomic E-state index is -0.0214. The molecule has 104 valence electrons. The standard InChI is InChI=1S/C14H26N2O2/c1-10-7-8-16(13(10)9-17)14(18)11-5-3-2-4-6-12(11)15/h10-13,17H,2-9,15H2,1H3. The number of carbonyl (C=O) groups is 1. The van der Waals surface area contributed by atoms with E-state index in [0.717, 1.165) is 38.6 Å². The highest BCUT2D eigenvalue weighted by molar-refractivity contribution is 5.80. The molecule has 1 aliphatic heterocycles. The van der Waals surface area contributed by atoms with Crippen molar-refractivity contribution in [2.75, 3.05) is 13.2 Å². The number of hydrogen-bond acceptors (Lipinski definition) is 3. The maximum Gasteiger partial charge on any atom is 0.227 e. The van der Waals surface area contributed by atoms with Crippen molar-refractivity contribution in [2.24, 2.45) is 17.6 Å². The quantitative estimate of drug-likeness (QED) is 0.726. The van der Waals surface area contributed by atoms with Crippen LogP contribution in [-0.4, -0.2) is 41.1 Å². The number of likely N-dealkylation sites (tertiary alicyclic amines) is 1. The normalized spacial score (nSPS) is 37.6. The van der Waals surface area contributed by atoms with E-state index in [2.05, 4.69) is 6.92 Å². The highest BCUT2D eigenvalue weighted by Gasteiger charge is 2.38. The minimum absolute atomic E-state index is 0.00736. The molecule has 2 rings (SSSR count). The molecule has 4 heteroatoms. The highest BCUT2D eigenvalue weighted by Crippen LogP contribution is 2.29. The fraction of sp³-hybridized carbons (Fsp3) is 0.929. The van der Waals surface area contributed by atoms with Crippen LogP contribution in [0.2, 0.25) is 0 Å². The van der Waals surface area contributed by atoms with Crippen molar-refractivity contribution in [3.05, 3.63) is 0 Å². The Kier molecular flexibility index (Phi) is 4.62. The van der Waals surface area contributed by atoms with Crippen LogP contribution in [0.3, 0.4) is 0 Å². The second-order valence-electron chi connectivity index (χ2n) is 5.96. The van der Waals surface area contributed by atoms with Gasteiger partial charge in [0.15, 0.2) is 0 Å². The maximum atomic E-state index is 12.6. The molecule has 4 nitrogen and oxygen atoms in total. The summed E-state index contributed by atoms with van der Waals surface area (Å²) < 4.78 is 0. The molecule has 1 aliphatic carbocycles. The molecule has 0 aromatic carbocycles. The fourth-order valence-corrected chi connectivity index (χ4v) is 3.42. The van der Waals surface area contributed by atoms with Crippen LogP contribution in [0.25, 0.3) is 0 Å². The van der Waals surface area contributed by atoms with Crippen molar-refractivity contribution in [1.82, 2.24) is 4.90 Å². The van der Waals surface area contributed by atoms with Crippen LogP contribution in [-0.2, 0) is 4.79 Å². The van der Waals surface area contributed by atoms with E-state index in [1.165, 1.54) is 6.42 Å². The van der Waals surface area contributed by atoms with Crippen LogP contribution in [0.4, 0.5) is 0 Å². The Hall–Kier alpha value is -0.610. The van der Waals surface area contributed by atoms with Crippen molar-refractivity contribution >= 4 is 5.91 Å². The lowest BCUT2D eigenvalue weighted by Crippen LogP contribution is -2.47. The summed E-state index contributed by atoms with van der Waals surface area (Å²) in [5.41, 5.74) is 6.16. The molecule has 0 aromatic heterocycles. The average Bonchev–Trinajstić information content (AvgIpc) is 2.59. The summed E-state index contributed by atoms with van der Waals surface area (Å²) in [6.45, 7) is 2.98. The van der Waals surface area contributed by atoms with Crippen LogP contribution < -0.4 is 5.73 Å². The lowest BCUT2D eigenvalue weighted by Gasteiger charge is -2.31. The smallest absolute Gasteiger partial charge is 0.227 e. The van der Waals surface area contributed by atoms with Gasteiger partial charge in [0.25, 0.3) is 0 Å². The molecule has 0 radical (unpaired) electrons. The lowest BCUT2D eigenvalue weighted by atomic mass is 9.93. The molecule has 0 aromatic rings. The Morgan fingerprint density at radius 1 is 1.28 bits per heavy atom. The van der Waals surface area contributed by atoms with E-state index < -0.39 is 0 Å². The monoisotopic (exact) mass is 254 g/mol. The second kappa shape index (κ2) is 6.02. The third-order valence-electron chi connectivity index (χ3n) is 4.74. The number of hydrogen-bond donors (Lipinski definition) is 2. The predicted octanol–water partition coefficient (Wildman–Crippen LogP) is 1.12. The van der Waals surface area contributed by atoms with Gasteiger partial charge >= 0.3 is 0 Å². The second-order valence-corrected chi connectivity index (χ2v) is 5.96. The Bertz CT molecular complexity index is 292. The minimum Gasteiger partial charge on any atom is -0.394 e. The zero-order valence-electron chi connectivity index (χ0n) is 11.3. The first kappa shape index (κ1) is 13.8. The average molecular weight is 254 g/mol. The van der Waals surface area contributed by atoms with E-state index in [-0.39, 0.29) is 30.5 Å². The van der Waals surface area contributed by atoms with Crippen LogP contribution in [0.1, 0.15) is 45.4 Å². The van der Waals surface area contributed by atoms with Gasteiger partial charge in [-0.1, -0.05) is 26.2 Å². The molecule has 0 spiro atoms. The molecular formula is C14H26N2O2. The van der Waals surface area contributed by atoms with Gasteiger partial charge in [0, 0.05) is 12.6 Å². The van der Waals surface area contributed by atoms with Gasteiger partial charge in [0.1, 0.15) is 0 Å². The first-order valence-electron chi connectivity index (χ1n) is 7.32. The lowest BCUT2D eigenvalue weighted by molar-refractivity contribution is -0.138. The summed E-state index contributed by atoms with van der Waals surface area (Å²) in [7, 11) is 0. The number of aliphatic hydroxyl groups excluding tert-OH is 1. The van der Waals surface area contributed by atoms with E-state index in [1.54, 1.807) is 0 Å². The molecule has 3 N–H and O–H groups in total. The number of aliphatic hydroxyl groups is 1. The number of nitrogens with zero attached hydrogens (tertiary/aromatic N) is 1. The van der Waals surface area contributed by atoms with Gasteiger partial charge < -0.3 is 15.7 Å². The molecular weight excluding hydrogens is 228 g/mol. The van der Waals surface area contributed by atoms with Crippen LogP contribution >= 0.6 is 0 Å². The Balaban J connectivity index is 2.05. The molecule has 1 saturated carbocycles. The topological polar surface area (TPSA) is 66.6 Å². The SMILES string of the molecule is CC1CCN(C(=O)C2CCCCCC2N)C1CO. The summed E-state index contributed by atoms with van der Waals surface area (Å²) in [6.07, 6.45) is 6.32. The molecule has 1 heterocycles. The molecule has 2 aliphatic rings. The van der Waals surface area contributed by atoms with Gasteiger partial charge in [0.05, 0.1) is 18.6 Å². The van der Waals surface area contributed by atoms with Crippen LogP contribution in [0.5, 0.6) is 0 Å². The first-order chi connectivity index (χ1) is 8.65. The fourth-order valence-electron chi connectivity index (χ4n) is 3.42. The number of amides is 1. The van der Waals surface area contributed by atoms with Gasteiger partial charge in [-0.2, -0.15) is 0 Å². The molecule has 1 saturated heterocycles. The summed E-state index contributed by atoms with van der Waals surface area (Å²) in [4.78, 5) is 14.5. The Morgan fingerprint density at radius 2 is 2.00 bits per heavy atom. The van der Waals surface area contributed by atoms with E-state index in [0.29, 0.717) is 5.92 Å². The molecule has 18 heavy (non-hydrogen) atoms. The van der Waals surface area contributed by atoms with Crippen molar-refractivity contribution < 1.29 is 9.90 Å². The maximum absolute atomic E-state index is 12.6. The third-order valence-corrected chi connectivity index (χ3v) is 4.74. The number of rotatable bonds is 2. The van der Waals surface area contributed by atoms with Gasteiger partial charge in [-0.05, 0) is 25.2 Å². The first-order valence-corrected chi connectivity index (χ1v) is 7.32. The molecule has 1 amide bonds. The Labute approximate surface area is 110 Å². The predicted molar refractivity (Wildman–Crippen MR) is 70.9 cm³/mol. The third kappa shape index (κ3) is 2.69. The van der Waals surface area contributed by atoms with Crippen molar-refractivity contribution in [2.45, 2.75) is 57.5 Å². The molecule has 4 unspecified atom stereocenters. The largest absolute Gasteiger partial charge is 0.394 e. The zero-order valence-corrected chi connectivity index (χ0v) is 11.3. The van der Waals surface area contributed by atoms with Crippen molar-refractivity contribution in [3.63, 3.8) is 0 Å². The number of carbonyl (C=O) groups excluding carboxylic acids is 1. The Morgan fingerprint density at radius 3 is 2.72 bits per heavy atom. The number of nitrogens with two attached hydrogens (primary N) is 1. The van der Waals surface area contributed by atoms with Crippen LogP contribution in [0.15, 0.2) is 0 Å². The summed E-state index contributed by atoms with van der Waals surface area (Å²) in [5, 5.41) is 9.45. The summed E-state index contributed by atoms with van der Waals surface area (Å²) in [6, 6.07) is 0.0169. The molecule has 0 bridgehead atoms. The van der Waals surface area contributed by atoms with Gasteiger partial charge in [-0.25, -0.2) is 0 Å². The molecule has 2 fully saturated rings. The van der Waals surface area contributed by atoms with Crippen molar-refractivity contribution in [3.8, 4) is 0 Å². The van der Waals surface area contributed by atoms with E-state index in [9.17, 15) is 9.90 Å². The van der Waals surface area contributed by atoms with Crippen LogP contribution in [0, 0.1) is 11.8 Å². The molecule has 4 atom stereocenters. The van der Waals surface area contributed by atoms with Crippen molar-refractivity contribution in [1.29, 1.82) is 0 Å². The van der Waals surface area contributed by atoms with E-state index >= 15 is 0 Å². The van der Waals surface area contributed by atoms with E-state index in [1.807, 2.05) is 4.90 Å².